The molecule has 2 heterocycles. The molecule has 0 spiro atoms. The molecule has 3 rings (SSSR count). The van der Waals surface area contributed by atoms with E-state index in [4.69, 9.17) is 9.47 Å². The zero-order valence-corrected chi connectivity index (χ0v) is 18.4. The van der Waals surface area contributed by atoms with Crippen LogP contribution in [0.25, 0.3) is 0 Å². The van der Waals surface area contributed by atoms with Crippen LogP contribution in [-0.2, 0) is 22.5 Å². The first-order chi connectivity index (χ1) is 14.0. The number of nitrogens with zero attached hydrogens (tertiary/aromatic N) is 2. The van der Waals surface area contributed by atoms with Gasteiger partial charge in [-0.15, -0.1) is 11.8 Å². The van der Waals surface area contributed by atoms with Crippen molar-refractivity contribution in [2.45, 2.75) is 42.1 Å². The Balaban J connectivity index is 1.69. The molecule has 1 aromatic carbocycles. The van der Waals surface area contributed by atoms with Crippen LogP contribution in [0.15, 0.2) is 39.1 Å². The predicted octanol–water partition coefficient (Wildman–Crippen LogP) is 3.06. The normalized spacial score (nSPS) is 15.2. The summed E-state index contributed by atoms with van der Waals surface area (Å²) < 4.78 is 12.2. The largest absolute Gasteiger partial charge is 0.494 e. The van der Waals surface area contributed by atoms with E-state index in [2.05, 4.69) is 17.2 Å². The Morgan fingerprint density at radius 2 is 2.14 bits per heavy atom. The summed E-state index contributed by atoms with van der Waals surface area (Å²) in [6, 6.07) is 7.23. The molecule has 29 heavy (non-hydrogen) atoms. The maximum Gasteiger partial charge on any atom is 0.268 e. The zero-order chi connectivity index (χ0) is 20.8. The van der Waals surface area contributed by atoms with Crippen LogP contribution >= 0.6 is 23.5 Å². The number of carbonyl (C=O) groups is 1. The zero-order valence-electron chi connectivity index (χ0n) is 16.8. The van der Waals surface area contributed by atoms with Gasteiger partial charge in [0.2, 0.25) is 5.91 Å². The van der Waals surface area contributed by atoms with Gasteiger partial charge in [0.05, 0.1) is 36.1 Å². The molecule has 156 valence electrons. The first kappa shape index (κ1) is 21.7. The number of rotatable bonds is 9. The van der Waals surface area contributed by atoms with E-state index in [-0.39, 0.29) is 17.2 Å². The number of carbonyl (C=O) groups excluding carboxylic acids is 1. The van der Waals surface area contributed by atoms with Crippen molar-refractivity contribution in [3.05, 3.63) is 40.3 Å². The van der Waals surface area contributed by atoms with E-state index in [1.807, 2.05) is 19.1 Å². The number of benzene rings is 1. The van der Waals surface area contributed by atoms with E-state index < -0.39 is 0 Å². The quantitative estimate of drug-likeness (QED) is 0.479. The van der Waals surface area contributed by atoms with Crippen molar-refractivity contribution < 1.29 is 14.3 Å². The van der Waals surface area contributed by atoms with Gasteiger partial charge < -0.3 is 14.8 Å². The van der Waals surface area contributed by atoms with E-state index >= 15 is 0 Å². The standard InChI is InChI=1S/C20H25N3O4S2/c1-4-27-15-7-5-14(6-8-15)21-17(24)12-28-20-22-16-11-13(2)29-18(16)19(25)23(20)9-10-26-3/h5-8,13H,4,9-12H2,1-3H3,(H,21,24)/t13-/m1/s1. The first-order valence-electron chi connectivity index (χ1n) is 9.46. The SMILES string of the molecule is CCOc1ccc(NC(=O)CSc2nc3c(c(=O)n2CCOC)S[C@H](C)C3)cc1. The van der Waals surface area contributed by atoms with Crippen LogP contribution in [0, 0.1) is 0 Å². The number of nitrogens with one attached hydrogen (secondary N) is 1. The topological polar surface area (TPSA) is 82.5 Å². The summed E-state index contributed by atoms with van der Waals surface area (Å²) in [6.07, 6.45) is 0.770. The maximum atomic E-state index is 12.9. The van der Waals surface area contributed by atoms with Crippen molar-refractivity contribution in [3.63, 3.8) is 0 Å². The summed E-state index contributed by atoms with van der Waals surface area (Å²) in [6.45, 7) is 5.42. The Kier molecular flexibility index (Phi) is 7.63. The Morgan fingerprint density at radius 3 is 2.83 bits per heavy atom. The number of anilines is 1. The number of methoxy groups -OCH3 is 1. The van der Waals surface area contributed by atoms with E-state index in [9.17, 15) is 9.59 Å². The average Bonchev–Trinajstić information content (AvgIpc) is 3.08. The molecule has 1 aliphatic heterocycles. The molecule has 1 atom stereocenters. The summed E-state index contributed by atoms with van der Waals surface area (Å²) >= 11 is 2.84. The second kappa shape index (κ2) is 10.2. The van der Waals surface area contributed by atoms with E-state index in [0.29, 0.717) is 35.9 Å². The smallest absolute Gasteiger partial charge is 0.268 e. The molecule has 0 saturated heterocycles. The van der Waals surface area contributed by atoms with Gasteiger partial charge in [-0.1, -0.05) is 18.7 Å². The predicted molar refractivity (Wildman–Crippen MR) is 116 cm³/mol. The van der Waals surface area contributed by atoms with Gasteiger partial charge in [0.25, 0.3) is 5.56 Å². The second-order valence-electron chi connectivity index (χ2n) is 6.55. The lowest BCUT2D eigenvalue weighted by molar-refractivity contribution is -0.113. The molecule has 9 heteroatoms. The lowest BCUT2D eigenvalue weighted by atomic mass is 10.2. The average molecular weight is 436 g/mol. The minimum Gasteiger partial charge on any atom is -0.494 e. The van der Waals surface area contributed by atoms with Crippen LogP contribution in [-0.4, -0.2) is 46.8 Å². The van der Waals surface area contributed by atoms with Crippen LogP contribution in [0.3, 0.4) is 0 Å². The fourth-order valence-electron chi connectivity index (χ4n) is 2.95. The van der Waals surface area contributed by atoms with Crippen LogP contribution in [0.1, 0.15) is 19.5 Å². The summed E-state index contributed by atoms with van der Waals surface area (Å²) in [5.41, 5.74) is 1.48. The molecule has 1 aliphatic rings. The van der Waals surface area contributed by atoms with Gasteiger partial charge in [-0.3, -0.25) is 14.2 Å². The van der Waals surface area contributed by atoms with Crippen LogP contribution in [0.5, 0.6) is 5.75 Å². The number of thioether (sulfide) groups is 2. The highest BCUT2D eigenvalue weighted by molar-refractivity contribution is 8.00. The van der Waals surface area contributed by atoms with E-state index in [1.54, 1.807) is 35.6 Å². The number of amides is 1. The third-order valence-corrected chi connectivity index (χ3v) is 6.45. The second-order valence-corrected chi connectivity index (χ2v) is 8.94. The minimum atomic E-state index is -0.157. The Labute approximate surface area is 178 Å². The van der Waals surface area contributed by atoms with Gasteiger partial charge in [-0.25, -0.2) is 4.98 Å². The molecular weight excluding hydrogens is 410 g/mol. The number of fused-ring (bicyclic) bond motifs is 1. The molecule has 7 nitrogen and oxygen atoms in total. The van der Waals surface area contributed by atoms with Gasteiger partial charge in [-0.05, 0) is 31.2 Å². The molecule has 0 aliphatic carbocycles. The Morgan fingerprint density at radius 1 is 1.38 bits per heavy atom. The van der Waals surface area contributed by atoms with Crippen molar-refractivity contribution in [1.82, 2.24) is 9.55 Å². The number of hydrogen-bond donors (Lipinski definition) is 1. The van der Waals surface area contributed by atoms with Gasteiger partial charge in [0.15, 0.2) is 5.16 Å². The molecule has 0 fully saturated rings. The van der Waals surface area contributed by atoms with E-state index in [0.717, 1.165) is 22.8 Å². The fourth-order valence-corrected chi connectivity index (χ4v) is 4.91. The van der Waals surface area contributed by atoms with Crippen LogP contribution in [0.4, 0.5) is 5.69 Å². The molecule has 0 unspecified atom stereocenters. The lowest BCUT2D eigenvalue weighted by Gasteiger charge is -2.13. The Hall–Kier alpha value is -1.97. The molecule has 0 saturated carbocycles. The summed E-state index contributed by atoms with van der Waals surface area (Å²) in [5, 5.41) is 3.75. The van der Waals surface area contributed by atoms with Gasteiger partial charge in [0, 0.05) is 24.5 Å². The maximum absolute atomic E-state index is 12.9. The minimum absolute atomic E-state index is 0.0455. The van der Waals surface area contributed by atoms with Crippen LogP contribution < -0.4 is 15.6 Å². The summed E-state index contributed by atoms with van der Waals surface area (Å²) in [5.74, 6) is 0.764. The van der Waals surface area contributed by atoms with Crippen molar-refractivity contribution in [3.8, 4) is 5.75 Å². The fraction of sp³-hybridized carbons (Fsp3) is 0.450. The van der Waals surface area contributed by atoms with Crippen molar-refractivity contribution in [1.29, 1.82) is 0 Å². The molecule has 0 radical (unpaired) electrons. The number of aromatic nitrogens is 2. The summed E-state index contributed by atoms with van der Waals surface area (Å²) in [4.78, 5) is 30.7. The van der Waals surface area contributed by atoms with Crippen molar-refractivity contribution >= 4 is 35.1 Å². The third-order valence-electron chi connectivity index (χ3n) is 4.26. The first-order valence-corrected chi connectivity index (χ1v) is 11.3. The molecule has 2 aromatic rings. The van der Waals surface area contributed by atoms with Crippen molar-refractivity contribution in [2.24, 2.45) is 0 Å². The van der Waals surface area contributed by atoms with Gasteiger partial charge >= 0.3 is 0 Å². The molecule has 1 amide bonds. The monoisotopic (exact) mass is 435 g/mol. The van der Waals surface area contributed by atoms with E-state index in [1.165, 1.54) is 11.8 Å². The number of hydrogen-bond acceptors (Lipinski definition) is 7. The highest BCUT2D eigenvalue weighted by Crippen LogP contribution is 2.34. The summed E-state index contributed by atoms with van der Waals surface area (Å²) in [7, 11) is 1.60. The van der Waals surface area contributed by atoms with Gasteiger partial charge in [-0.2, -0.15) is 0 Å². The molecule has 0 bridgehead atoms. The molecule has 1 N–H and O–H groups in total. The highest BCUT2D eigenvalue weighted by Gasteiger charge is 2.26. The third kappa shape index (κ3) is 5.55. The van der Waals surface area contributed by atoms with Crippen LogP contribution in [0.2, 0.25) is 0 Å². The molecular formula is C20H25N3O4S2. The number of ether oxygens (including phenoxy) is 2. The molecule has 1 aromatic heterocycles. The Bertz CT molecular complexity index is 915. The highest BCUT2D eigenvalue weighted by atomic mass is 32.2. The lowest BCUT2D eigenvalue weighted by Crippen LogP contribution is -2.27. The van der Waals surface area contributed by atoms with Gasteiger partial charge in [0.1, 0.15) is 5.75 Å². The van der Waals surface area contributed by atoms with Crippen molar-refractivity contribution in [2.75, 3.05) is 31.4 Å².